The molecule has 0 bridgehead atoms. The van der Waals surface area contributed by atoms with Crippen molar-refractivity contribution in [3.05, 3.63) is 59.7 Å². The van der Waals surface area contributed by atoms with Gasteiger partial charge in [-0.1, -0.05) is 26.2 Å². The molecule has 0 saturated carbocycles. The fourth-order valence-corrected chi connectivity index (χ4v) is 2.45. The van der Waals surface area contributed by atoms with Gasteiger partial charge in [0.2, 0.25) is 0 Å². The summed E-state index contributed by atoms with van der Waals surface area (Å²) < 4.78 is 15.8. The zero-order valence-corrected chi connectivity index (χ0v) is 16.1. The minimum Gasteiger partial charge on any atom is -0.494 e. The largest absolute Gasteiger partial charge is 0.494 e. The van der Waals surface area contributed by atoms with E-state index in [4.69, 9.17) is 19.3 Å². The molecule has 6 nitrogen and oxygen atoms in total. The Balaban J connectivity index is 1.84. The fourth-order valence-electron chi connectivity index (χ4n) is 2.45. The molecule has 0 radical (unpaired) electrons. The molecule has 2 rings (SSSR count). The van der Waals surface area contributed by atoms with Gasteiger partial charge in [-0.15, -0.1) is 0 Å². The second-order valence-corrected chi connectivity index (χ2v) is 6.21. The summed E-state index contributed by atoms with van der Waals surface area (Å²) in [6.07, 6.45) is 4.56. The number of benzene rings is 2. The van der Waals surface area contributed by atoms with Crippen molar-refractivity contribution in [3.8, 4) is 11.5 Å². The molecule has 0 spiro atoms. The average molecular weight is 386 g/mol. The van der Waals surface area contributed by atoms with Gasteiger partial charge < -0.3 is 19.3 Å². The zero-order chi connectivity index (χ0) is 20.2. The smallest absolute Gasteiger partial charge is 0.343 e. The third kappa shape index (κ3) is 7.04. The number of hydrogen-bond acceptors (Lipinski definition) is 6. The Morgan fingerprint density at radius 2 is 1.39 bits per heavy atom. The summed E-state index contributed by atoms with van der Waals surface area (Å²) in [5, 5.41) is 8.66. The van der Waals surface area contributed by atoms with Crippen LogP contribution in [0.1, 0.15) is 53.3 Å². The maximum atomic E-state index is 12.2. The van der Waals surface area contributed by atoms with Crippen LogP contribution in [0, 0.1) is 0 Å². The number of aliphatic hydroxyl groups is 1. The van der Waals surface area contributed by atoms with Gasteiger partial charge >= 0.3 is 11.9 Å². The number of ether oxygens (including phenoxy) is 3. The highest BCUT2D eigenvalue weighted by atomic mass is 16.5. The quantitative estimate of drug-likeness (QED) is 0.357. The zero-order valence-electron chi connectivity index (χ0n) is 16.1. The van der Waals surface area contributed by atoms with E-state index in [-0.39, 0.29) is 13.2 Å². The lowest BCUT2D eigenvalue weighted by Crippen LogP contribution is -2.10. The minimum atomic E-state index is -0.544. The van der Waals surface area contributed by atoms with E-state index in [0.29, 0.717) is 23.5 Å². The fraction of sp³-hybridized carbons (Fsp3) is 0.364. The number of esters is 2. The molecule has 1 N–H and O–H groups in total. The Kier molecular flexibility index (Phi) is 9.01. The minimum absolute atomic E-state index is 0.0615. The first-order valence-corrected chi connectivity index (χ1v) is 9.47. The summed E-state index contributed by atoms with van der Waals surface area (Å²) in [7, 11) is 0. The molecule has 0 heterocycles. The molecular weight excluding hydrogens is 360 g/mol. The first kappa shape index (κ1) is 21.4. The van der Waals surface area contributed by atoms with Crippen molar-refractivity contribution in [2.45, 2.75) is 32.6 Å². The third-order valence-electron chi connectivity index (χ3n) is 3.98. The Morgan fingerprint density at radius 3 is 2.00 bits per heavy atom. The van der Waals surface area contributed by atoms with E-state index in [1.807, 2.05) is 0 Å². The van der Waals surface area contributed by atoms with Crippen LogP contribution < -0.4 is 9.47 Å². The molecular formula is C22H26O6. The standard InChI is InChI=1S/C22H26O6/c1-2-3-4-5-15-26-19-10-6-18(7-11-19)22(25)28-20-12-8-17(9-13-20)21(24)27-16-14-23/h6-13,23H,2-5,14-16H2,1H3. The summed E-state index contributed by atoms with van der Waals surface area (Å²) in [4.78, 5) is 23.9. The highest BCUT2D eigenvalue weighted by Gasteiger charge is 2.11. The number of aliphatic hydroxyl groups excluding tert-OH is 1. The lowest BCUT2D eigenvalue weighted by molar-refractivity contribution is 0.0433. The van der Waals surface area contributed by atoms with Crippen LogP contribution in [0.3, 0.4) is 0 Å². The van der Waals surface area contributed by atoms with Crippen molar-refractivity contribution < 1.29 is 28.9 Å². The Labute approximate surface area is 165 Å². The highest BCUT2D eigenvalue weighted by molar-refractivity contribution is 5.92. The molecule has 150 valence electrons. The van der Waals surface area contributed by atoms with Gasteiger partial charge in [-0.05, 0) is 55.0 Å². The van der Waals surface area contributed by atoms with E-state index < -0.39 is 11.9 Å². The van der Waals surface area contributed by atoms with Gasteiger partial charge in [0.1, 0.15) is 18.1 Å². The van der Waals surface area contributed by atoms with E-state index in [0.717, 1.165) is 18.6 Å². The van der Waals surface area contributed by atoms with Crippen molar-refractivity contribution in [2.75, 3.05) is 19.8 Å². The SMILES string of the molecule is CCCCCCOc1ccc(C(=O)Oc2ccc(C(=O)OCCO)cc2)cc1. The van der Waals surface area contributed by atoms with Crippen LogP contribution in [0.4, 0.5) is 0 Å². The van der Waals surface area contributed by atoms with Crippen LogP contribution in [-0.2, 0) is 4.74 Å². The molecule has 0 fully saturated rings. The van der Waals surface area contributed by atoms with Crippen molar-refractivity contribution in [2.24, 2.45) is 0 Å². The average Bonchev–Trinajstić information content (AvgIpc) is 2.72. The predicted octanol–water partition coefficient (Wildman–Crippen LogP) is 4.01. The van der Waals surface area contributed by atoms with Crippen LogP contribution in [0.15, 0.2) is 48.5 Å². The second kappa shape index (κ2) is 11.8. The summed E-state index contributed by atoms with van der Waals surface area (Å²) in [6.45, 7) is 2.54. The molecule has 0 aromatic heterocycles. The maximum absolute atomic E-state index is 12.2. The van der Waals surface area contributed by atoms with Gasteiger partial charge in [0.15, 0.2) is 0 Å². The molecule has 0 saturated heterocycles. The molecule has 2 aromatic rings. The van der Waals surface area contributed by atoms with E-state index in [1.54, 1.807) is 24.3 Å². The van der Waals surface area contributed by atoms with Gasteiger partial charge in [0, 0.05) is 0 Å². The van der Waals surface area contributed by atoms with Gasteiger partial charge in [-0.3, -0.25) is 0 Å². The molecule has 6 heteroatoms. The van der Waals surface area contributed by atoms with Crippen LogP contribution >= 0.6 is 0 Å². The Morgan fingerprint density at radius 1 is 0.786 bits per heavy atom. The molecule has 0 aliphatic rings. The van der Waals surface area contributed by atoms with Crippen LogP contribution in [0.5, 0.6) is 11.5 Å². The maximum Gasteiger partial charge on any atom is 0.343 e. The second-order valence-electron chi connectivity index (χ2n) is 6.21. The van der Waals surface area contributed by atoms with Gasteiger partial charge in [0.05, 0.1) is 24.3 Å². The summed E-state index contributed by atoms with van der Waals surface area (Å²) >= 11 is 0. The molecule has 0 aliphatic heterocycles. The first-order valence-electron chi connectivity index (χ1n) is 9.47. The van der Waals surface area contributed by atoms with E-state index in [2.05, 4.69) is 6.92 Å². The predicted molar refractivity (Wildman–Crippen MR) is 105 cm³/mol. The third-order valence-corrected chi connectivity index (χ3v) is 3.98. The van der Waals surface area contributed by atoms with Crippen LogP contribution in [-0.4, -0.2) is 36.9 Å². The van der Waals surface area contributed by atoms with Gasteiger partial charge in [0.25, 0.3) is 0 Å². The number of hydrogen-bond donors (Lipinski definition) is 1. The van der Waals surface area contributed by atoms with E-state index in [9.17, 15) is 9.59 Å². The van der Waals surface area contributed by atoms with Crippen LogP contribution in [0.2, 0.25) is 0 Å². The summed E-state index contributed by atoms with van der Waals surface area (Å²) in [5.41, 5.74) is 0.721. The molecule has 2 aromatic carbocycles. The molecule has 0 amide bonds. The lowest BCUT2D eigenvalue weighted by Gasteiger charge is -2.08. The van der Waals surface area contributed by atoms with Crippen molar-refractivity contribution >= 4 is 11.9 Å². The first-order chi connectivity index (χ1) is 13.6. The molecule has 28 heavy (non-hydrogen) atoms. The Hall–Kier alpha value is -2.86. The summed E-state index contributed by atoms with van der Waals surface area (Å²) in [5.74, 6) is 0.000985. The lowest BCUT2D eigenvalue weighted by atomic mass is 10.2. The number of rotatable bonds is 11. The Bertz CT molecular complexity index is 737. The topological polar surface area (TPSA) is 82.1 Å². The van der Waals surface area contributed by atoms with E-state index in [1.165, 1.54) is 37.1 Å². The molecule has 0 atom stereocenters. The summed E-state index contributed by atoms with van der Waals surface area (Å²) in [6, 6.07) is 12.8. The van der Waals surface area contributed by atoms with E-state index >= 15 is 0 Å². The van der Waals surface area contributed by atoms with Crippen molar-refractivity contribution in [3.63, 3.8) is 0 Å². The van der Waals surface area contributed by atoms with Crippen molar-refractivity contribution in [1.82, 2.24) is 0 Å². The normalized spacial score (nSPS) is 10.4. The number of carbonyl (C=O) groups excluding carboxylic acids is 2. The van der Waals surface area contributed by atoms with Crippen LogP contribution in [0.25, 0.3) is 0 Å². The molecule has 0 aliphatic carbocycles. The highest BCUT2D eigenvalue weighted by Crippen LogP contribution is 2.17. The number of carbonyl (C=O) groups is 2. The molecule has 0 unspecified atom stereocenters. The number of unbranched alkanes of at least 4 members (excludes halogenated alkanes) is 3. The van der Waals surface area contributed by atoms with Gasteiger partial charge in [-0.2, -0.15) is 0 Å². The van der Waals surface area contributed by atoms with Gasteiger partial charge in [-0.25, -0.2) is 9.59 Å². The monoisotopic (exact) mass is 386 g/mol. The van der Waals surface area contributed by atoms with Crippen molar-refractivity contribution in [1.29, 1.82) is 0 Å².